The summed E-state index contributed by atoms with van der Waals surface area (Å²) in [5.74, 6) is -0.677. The van der Waals surface area contributed by atoms with Gasteiger partial charge < -0.3 is 15.0 Å². The van der Waals surface area contributed by atoms with Crippen molar-refractivity contribution in [2.24, 2.45) is 0 Å². The van der Waals surface area contributed by atoms with Crippen LogP contribution in [-0.2, 0) is 26.1 Å². The van der Waals surface area contributed by atoms with E-state index in [1.807, 2.05) is 18.2 Å². The van der Waals surface area contributed by atoms with Crippen molar-refractivity contribution in [3.63, 3.8) is 0 Å². The van der Waals surface area contributed by atoms with Crippen molar-refractivity contribution in [1.82, 2.24) is 14.1 Å². The predicted octanol–water partition coefficient (Wildman–Crippen LogP) is 1.60. The van der Waals surface area contributed by atoms with Crippen molar-refractivity contribution in [1.29, 1.82) is 0 Å². The second kappa shape index (κ2) is 10.6. The summed E-state index contributed by atoms with van der Waals surface area (Å²) in [5.41, 5.74) is 2.04. The highest BCUT2D eigenvalue weighted by Gasteiger charge is 2.30. The molecule has 0 aliphatic carbocycles. The first kappa shape index (κ1) is 23.6. The van der Waals surface area contributed by atoms with E-state index in [4.69, 9.17) is 4.74 Å². The number of sulfonamides is 1. The molecule has 2 aromatic carbocycles. The fourth-order valence-electron chi connectivity index (χ4n) is 4.07. The van der Waals surface area contributed by atoms with Crippen molar-refractivity contribution < 1.29 is 22.3 Å². The van der Waals surface area contributed by atoms with Crippen molar-refractivity contribution in [3.8, 4) is 0 Å². The van der Waals surface area contributed by atoms with Crippen LogP contribution in [0.1, 0.15) is 5.56 Å². The minimum Gasteiger partial charge on any atom is -0.379 e. The number of ether oxygens (including phenoxy) is 1. The third kappa shape index (κ3) is 5.89. The van der Waals surface area contributed by atoms with Crippen LogP contribution in [0.4, 0.5) is 10.1 Å². The topological polar surface area (TPSA) is 82.2 Å². The Morgan fingerprint density at radius 1 is 0.970 bits per heavy atom. The van der Waals surface area contributed by atoms with Crippen LogP contribution in [0, 0.1) is 5.82 Å². The van der Waals surface area contributed by atoms with Gasteiger partial charge in [0.25, 0.3) is 0 Å². The first-order chi connectivity index (χ1) is 15.9. The monoisotopic (exact) mass is 476 g/mol. The predicted molar refractivity (Wildman–Crippen MR) is 123 cm³/mol. The van der Waals surface area contributed by atoms with Crippen LogP contribution in [-0.4, -0.2) is 87.5 Å². The zero-order valence-corrected chi connectivity index (χ0v) is 19.3. The van der Waals surface area contributed by atoms with Gasteiger partial charge in [-0.15, -0.1) is 0 Å². The van der Waals surface area contributed by atoms with Gasteiger partial charge in [-0.05, 0) is 29.8 Å². The number of rotatable bonds is 7. The number of piperazine rings is 1. The SMILES string of the molecule is O=C(CNc1ccccc1CN1CCOCC1)N1CCN(S(=O)(=O)c2cccc(F)c2)CC1. The van der Waals surface area contributed by atoms with Crippen LogP contribution < -0.4 is 5.32 Å². The van der Waals surface area contributed by atoms with Gasteiger partial charge in [-0.1, -0.05) is 24.3 Å². The maximum atomic E-state index is 13.5. The number of morpholine rings is 1. The first-order valence-electron chi connectivity index (χ1n) is 11.1. The molecule has 0 aromatic heterocycles. The number of halogens is 1. The summed E-state index contributed by atoms with van der Waals surface area (Å²) in [6, 6.07) is 12.9. The molecule has 2 aliphatic heterocycles. The van der Waals surface area contributed by atoms with Gasteiger partial charge in [0, 0.05) is 51.5 Å². The number of nitrogens with one attached hydrogen (secondary N) is 1. The molecule has 0 radical (unpaired) electrons. The number of carbonyl (C=O) groups excluding carboxylic acids is 1. The van der Waals surface area contributed by atoms with E-state index in [9.17, 15) is 17.6 Å². The van der Waals surface area contributed by atoms with Gasteiger partial charge in [0.05, 0.1) is 24.7 Å². The summed E-state index contributed by atoms with van der Waals surface area (Å²) in [5, 5.41) is 3.25. The fourth-order valence-corrected chi connectivity index (χ4v) is 5.52. The number of hydrogen-bond donors (Lipinski definition) is 1. The molecule has 10 heteroatoms. The Labute approximate surface area is 194 Å². The van der Waals surface area contributed by atoms with E-state index >= 15 is 0 Å². The molecule has 2 aliphatic rings. The summed E-state index contributed by atoms with van der Waals surface area (Å²) in [6.07, 6.45) is 0. The van der Waals surface area contributed by atoms with Crippen LogP contribution in [0.15, 0.2) is 53.4 Å². The average Bonchev–Trinajstić information content (AvgIpc) is 2.84. The third-order valence-electron chi connectivity index (χ3n) is 5.97. The highest BCUT2D eigenvalue weighted by Crippen LogP contribution is 2.20. The molecule has 0 saturated carbocycles. The van der Waals surface area contributed by atoms with Gasteiger partial charge in [-0.2, -0.15) is 4.31 Å². The number of amides is 1. The zero-order valence-electron chi connectivity index (χ0n) is 18.5. The summed E-state index contributed by atoms with van der Waals surface area (Å²) in [4.78, 5) is 16.7. The van der Waals surface area contributed by atoms with Crippen LogP contribution in [0.3, 0.4) is 0 Å². The zero-order chi connectivity index (χ0) is 23.3. The summed E-state index contributed by atoms with van der Waals surface area (Å²) in [6.45, 7) is 5.11. The first-order valence-corrected chi connectivity index (χ1v) is 12.5. The van der Waals surface area contributed by atoms with E-state index in [0.717, 1.165) is 50.2 Å². The molecular formula is C23H29FN4O4S. The highest BCUT2D eigenvalue weighted by molar-refractivity contribution is 7.89. The lowest BCUT2D eigenvalue weighted by molar-refractivity contribution is -0.130. The van der Waals surface area contributed by atoms with Gasteiger partial charge >= 0.3 is 0 Å². The number of nitrogens with zero attached hydrogens (tertiary/aromatic N) is 3. The Hall–Kier alpha value is -2.53. The van der Waals surface area contributed by atoms with Gasteiger partial charge in [0.15, 0.2) is 0 Å². The average molecular weight is 477 g/mol. The van der Waals surface area contributed by atoms with E-state index < -0.39 is 15.8 Å². The van der Waals surface area contributed by atoms with E-state index in [-0.39, 0.29) is 30.4 Å². The van der Waals surface area contributed by atoms with E-state index in [1.54, 1.807) is 4.90 Å². The second-order valence-corrected chi connectivity index (χ2v) is 10.1. The lowest BCUT2D eigenvalue weighted by Gasteiger charge is -2.34. The smallest absolute Gasteiger partial charge is 0.243 e. The maximum Gasteiger partial charge on any atom is 0.243 e. The molecular weight excluding hydrogens is 447 g/mol. The minimum absolute atomic E-state index is 0.0687. The Morgan fingerprint density at radius 3 is 2.42 bits per heavy atom. The van der Waals surface area contributed by atoms with E-state index in [2.05, 4.69) is 16.3 Å². The lowest BCUT2D eigenvalue weighted by Crippen LogP contribution is -2.51. The second-order valence-electron chi connectivity index (χ2n) is 8.14. The van der Waals surface area contributed by atoms with Gasteiger partial charge in [-0.25, -0.2) is 12.8 Å². The quantitative estimate of drug-likeness (QED) is 0.654. The molecule has 0 atom stereocenters. The molecule has 2 fully saturated rings. The van der Waals surface area contributed by atoms with Gasteiger partial charge in [-0.3, -0.25) is 9.69 Å². The Bertz CT molecular complexity index is 1070. The number of hydrogen-bond acceptors (Lipinski definition) is 6. The van der Waals surface area contributed by atoms with Crippen molar-refractivity contribution >= 4 is 21.6 Å². The molecule has 0 spiro atoms. The number of anilines is 1. The van der Waals surface area contributed by atoms with Crippen LogP contribution >= 0.6 is 0 Å². The van der Waals surface area contributed by atoms with E-state index in [0.29, 0.717) is 13.1 Å². The molecule has 1 amide bonds. The molecule has 178 valence electrons. The molecule has 2 heterocycles. The molecule has 4 rings (SSSR count). The van der Waals surface area contributed by atoms with Crippen molar-refractivity contribution in [2.45, 2.75) is 11.4 Å². The van der Waals surface area contributed by atoms with E-state index in [1.165, 1.54) is 22.5 Å². The molecule has 8 nitrogen and oxygen atoms in total. The van der Waals surface area contributed by atoms with Crippen molar-refractivity contribution in [2.75, 3.05) is 64.3 Å². The number of benzene rings is 2. The van der Waals surface area contributed by atoms with Crippen LogP contribution in [0.25, 0.3) is 0 Å². The Morgan fingerprint density at radius 2 is 1.70 bits per heavy atom. The summed E-state index contributed by atoms with van der Waals surface area (Å²) < 4.78 is 45.7. The highest BCUT2D eigenvalue weighted by atomic mass is 32.2. The molecule has 1 N–H and O–H groups in total. The Balaban J connectivity index is 1.30. The molecule has 0 bridgehead atoms. The summed E-state index contributed by atoms with van der Waals surface area (Å²) in [7, 11) is -3.78. The lowest BCUT2D eigenvalue weighted by atomic mass is 10.1. The third-order valence-corrected chi connectivity index (χ3v) is 7.86. The molecule has 2 aromatic rings. The molecule has 2 saturated heterocycles. The normalized spacial score (nSPS) is 18.3. The molecule has 33 heavy (non-hydrogen) atoms. The van der Waals surface area contributed by atoms with Gasteiger partial charge in [0.1, 0.15) is 5.82 Å². The number of carbonyl (C=O) groups is 1. The number of para-hydroxylation sites is 1. The Kier molecular flexibility index (Phi) is 7.59. The standard InChI is InChI=1S/C23H29FN4O4S/c24-20-5-3-6-21(16-20)33(30,31)28-10-8-27(9-11-28)23(29)17-25-22-7-2-1-4-19(22)18-26-12-14-32-15-13-26/h1-7,16,25H,8-15,17-18H2. The minimum atomic E-state index is -3.78. The fraction of sp³-hybridized carbons (Fsp3) is 0.435. The largest absolute Gasteiger partial charge is 0.379 e. The van der Waals surface area contributed by atoms with Crippen molar-refractivity contribution in [3.05, 3.63) is 59.9 Å². The van der Waals surface area contributed by atoms with Crippen LogP contribution in [0.2, 0.25) is 0 Å². The maximum absolute atomic E-state index is 13.5. The summed E-state index contributed by atoms with van der Waals surface area (Å²) >= 11 is 0. The molecule has 0 unspecified atom stereocenters. The van der Waals surface area contributed by atoms with Gasteiger partial charge in [0.2, 0.25) is 15.9 Å². The van der Waals surface area contributed by atoms with Crippen LogP contribution in [0.5, 0.6) is 0 Å².